The highest BCUT2D eigenvalue weighted by Crippen LogP contribution is 2.19. The fraction of sp³-hybridized carbons (Fsp3) is 0.692. The number of amides is 1. The van der Waals surface area contributed by atoms with Gasteiger partial charge < -0.3 is 24.3 Å². The Hall–Kier alpha value is -2.12. The maximum Gasteiger partial charge on any atom is 0.408 e. The van der Waals surface area contributed by atoms with Gasteiger partial charge >= 0.3 is 18.0 Å². The third-order valence-electron chi connectivity index (χ3n) is 2.42. The fourth-order valence-corrected chi connectivity index (χ4v) is 1.53. The van der Waals surface area contributed by atoms with Crippen molar-refractivity contribution in [3.05, 3.63) is 0 Å². The van der Waals surface area contributed by atoms with Crippen molar-refractivity contribution in [2.24, 2.45) is 0 Å². The number of carbonyl (C=O) groups is 4. The van der Waals surface area contributed by atoms with Gasteiger partial charge in [-0.05, 0) is 20.8 Å². The third-order valence-corrected chi connectivity index (χ3v) is 2.42. The largest absolute Gasteiger partial charge is 0.469 e. The van der Waals surface area contributed by atoms with E-state index in [0.29, 0.717) is 6.29 Å². The van der Waals surface area contributed by atoms with Crippen LogP contribution in [0.4, 0.5) is 4.79 Å². The van der Waals surface area contributed by atoms with Crippen LogP contribution in [-0.4, -0.2) is 49.7 Å². The van der Waals surface area contributed by atoms with Crippen LogP contribution < -0.4 is 5.32 Å². The van der Waals surface area contributed by atoms with Gasteiger partial charge in [-0.25, -0.2) is 9.59 Å². The van der Waals surface area contributed by atoms with Gasteiger partial charge in [-0.1, -0.05) is 0 Å². The highest BCUT2D eigenvalue weighted by molar-refractivity contribution is 5.92. The molecule has 0 bridgehead atoms. The molecule has 1 unspecified atom stereocenters. The first kappa shape index (κ1) is 18.9. The minimum absolute atomic E-state index is 0.400. The molecule has 0 spiro atoms. The molecule has 1 N–H and O–H groups in total. The zero-order valence-electron chi connectivity index (χ0n) is 12.8. The molecule has 0 fully saturated rings. The minimum atomic E-state index is -1.86. The number of esters is 2. The van der Waals surface area contributed by atoms with E-state index in [0.717, 1.165) is 14.2 Å². The summed E-state index contributed by atoms with van der Waals surface area (Å²) in [7, 11) is 2.20. The third kappa shape index (κ3) is 6.24. The number of hydrogen-bond acceptors (Lipinski definition) is 7. The molecule has 1 atom stereocenters. The van der Waals surface area contributed by atoms with Crippen molar-refractivity contribution in [3.8, 4) is 0 Å². The van der Waals surface area contributed by atoms with Crippen LogP contribution in [0.15, 0.2) is 0 Å². The summed E-state index contributed by atoms with van der Waals surface area (Å²) in [5.74, 6) is -1.72. The van der Waals surface area contributed by atoms with Crippen molar-refractivity contribution in [2.45, 2.75) is 44.8 Å². The van der Waals surface area contributed by atoms with Crippen LogP contribution >= 0.6 is 0 Å². The topological polar surface area (TPSA) is 108 Å². The molecule has 0 rings (SSSR count). The maximum atomic E-state index is 11.9. The van der Waals surface area contributed by atoms with E-state index < -0.39 is 42.0 Å². The van der Waals surface area contributed by atoms with E-state index in [9.17, 15) is 19.2 Å². The molecular weight excluding hydrogens is 282 g/mol. The van der Waals surface area contributed by atoms with E-state index in [1.165, 1.54) is 0 Å². The molecule has 8 nitrogen and oxygen atoms in total. The predicted octanol–water partition coefficient (Wildman–Crippen LogP) is 0.575. The van der Waals surface area contributed by atoms with Gasteiger partial charge in [-0.15, -0.1) is 0 Å². The maximum absolute atomic E-state index is 11.9. The SMILES string of the molecule is COC(=O)CC(CC=O)(NC(=O)OC(C)(C)C)C(=O)OC. The van der Waals surface area contributed by atoms with Crippen LogP contribution in [0.3, 0.4) is 0 Å². The highest BCUT2D eigenvalue weighted by atomic mass is 16.6. The van der Waals surface area contributed by atoms with Crippen LogP contribution in [0, 0.1) is 0 Å². The number of methoxy groups -OCH3 is 2. The van der Waals surface area contributed by atoms with Gasteiger partial charge in [0.25, 0.3) is 0 Å². The molecule has 0 aliphatic heterocycles. The van der Waals surface area contributed by atoms with Gasteiger partial charge in [0, 0.05) is 6.42 Å². The molecule has 0 heterocycles. The molecule has 0 radical (unpaired) electrons. The van der Waals surface area contributed by atoms with Crippen molar-refractivity contribution in [1.82, 2.24) is 5.32 Å². The number of aldehydes is 1. The van der Waals surface area contributed by atoms with Gasteiger partial charge in [-0.2, -0.15) is 0 Å². The Bertz CT molecular complexity index is 413. The van der Waals surface area contributed by atoms with Crippen LogP contribution in [-0.2, 0) is 28.6 Å². The lowest BCUT2D eigenvalue weighted by Gasteiger charge is -2.30. The van der Waals surface area contributed by atoms with Gasteiger partial charge in [-0.3, -0.25) is 4.79 Å². The molecule has 1 amide bonds. The normalized spacial score (nSPS) is 13.6. The summed E-state index contributed by atoms with van der Waals surface area (Å²) >= 11 is 0. The van der Waals surface area contributed by atoms with E-state index >= 15 is 0 Å². The molecule has 0 aliphatic rings. The number of hydrogen-bond donors (Lipinski definition) is 1. The van der Waals surface area contributed by atoms with Crippen molar-refractivity contribution in [1.29, 1.82) is 0 Å². The van der Waals surface area contributed by atoms with Crippen molar-refractivity contribution in [3.63, 3.8) is 0 Å². The highest BCUT2D eigenvalue weighted by Gasteiger charge is 2.44. The summed E-state index contributed by atoms with van der Waals surface area (Å²) in [6.45, 7) is 4.89. The molecule has 0 saturated heterocycles. The summed E-state index contributed by atoms with van der Waals surface area (Å²) in [6, 6.07) is 0. The first-order valence-electron chi connectivity index (χ1n) is 6.20. The van der Waals surface area contributed by atoms with Gasteiger partial charge in [0.05, 0.1) is 20.6 Å². The van der Waals surface area contributed by atoms with E-state index in [1.54, 1.807) is 20.8 Å². The van der Waals surface area contributed by atoms with E-state index in [-0.39, 0.29) is 0 Å². The number of ether oxygens (including phenoxy) is 3. The molecular formula is C13H21NO7. The Morgan fingerprint density at radius 1 is 1.10 bits per heavy atom. The smallest absolute Gasteiger partial charge is 0.408 e. The van der Waals surface area contributed by atoms with Gasteiger partial charge in [0.1, 0.15) is 11.9 Å². The first-order valence-corrected chi connectivity index (χ1v) is 6.20. The van der Waals surface area contributed by atoms with Gasteiger partial charge in [0.15, 0.2) is 5.54 Å². The second-order valence-electron chi connectivity index (χ2n) is 5.32. The molecule has 120 valence electrons. The zero-order valence-corrected chi connectivity index (χ0v) is 12.8. The second kappa shape index (κ2) is 7.61. The molecule has 0 aromatic heterocycles. The second-order valence-corrected chi connectivity index (χ2v) is 5.32. The molecule has 0 aliphatic carbocycles. The monoisotopic (exact) mass is 303 g/mol. The first-order chi connectivity index (χ1) is 9.60. The van der Waals surface area contributed by atoms with Crippen LogP contribution in [0.1, 0.15) is 33.6 Å². The van der Waals surface area contributed by atoms with Crippen LogP contribution in [0.5, 0.6) is 0 Å². The average Bonchev–Trinajstić information content (AvgIpc) is 2.35. The fourth-order valence-electron chi connectivity index (χ4n) is 1.53. The average molecular weight is 303 g/mol. The summed E-state index contributed by atoms with van der Waals surface area (Å²) < 4.78 is 14.1. The zero-order chi connectivity index (χ0) is 16.7. The molecule has 0 aromatic rings. The molecule has 21 heavy (non-hydrogen) atoms. The lowest BCUT2D eigenvalue weighted by atomic mass is 9.92. The van der Waals surface area contributed by atoms with E-state index in [4.69, 9.17) is 4.74 Å². The number of nitrogens with one attached hydrogen (secondary N) is 1. The van der Waals surface area contributed by atoms with Crippen LogP contribution in [0.25, 0.3) is 0 Å². The van der Waals surface area contributed by atoms with Crippen molar-refractivity contribution < 1.29 is 33.4 Å². The summed E-state index contributed by atoms with van der Waals surface area (Å²) in [5.41, 5.74) is -2.66. The Balaban J connectivity index is 5.34. The molecule has 8 heteroatoms. The Labute approximate surface area is 123 Å². The van der Waals surface area contributed by atoms with Crippen molar-refractivity contribution in [2.75, 3.05) is 14.2 Å². The Morgan fingerprint density at radius 2 is 1.67 bits per heavy atom. The quantitative estimate of drug-likeness (QED) is 0.434. The Morgan fingerprint density at radius 3 is 2.05 bits per heavy atom. The van der Waals surface area contributed by atoms with E-state index in [1.807, 2.05) is 0 Å². The Kier molecular flexibility index (Phi) is 6.84. The lowest BCUT2D eigenvalue weighted by molar-refractivity contribution is -0.155. The molecule has 0 aromatic carbocycles. The number of carbonyl (C=O) groups excluding carboxylic acids is 4. The summed E-state index contributed by atoms with van der Waals surface area (Å²) in [5, 5.41) is 2.24. The lowest BCUT2D eigenvalue weighted by Crippen LogP contribution is -2.57. The van der Waals surface area contributed by atoms with Crippen LogP contribution in [0.2, 0.25) is 0 Å². The van der Waals surface area contributed by atoms with Gasteiger partial charge in [0.2, 0.25) is 0 Å². The van der Waals surface area contributed by atoms with E-state index in [2.05, 4.69) is 14.8 Å². The number of alkyl carbamates (subject to hydrolysis) is 1. The van der Waals surface area contributed by atoms with Crippen molar-refractivity contribution >= 4 is 24.3 Å². The minimum Gasteiger partial charge on any atom is -0.469 e. The molecule has 0 saturated carbocycles. The summed E-state index contributed by atoms with van der Waals surface area (Å²) in [4.78, 5) is 46.0. The summed E-state index contributed by atoms with van der Waals surface area (Å²) in [6.07, 6.45) is -1.54. The predicted molar refractivity (Wildman–Crippen MR) is 71.4 cm³/mol. The standard InChI is InChI=1S/C13H21NO7/c1-12(2,3)21-11(18)14-13(6-7-15,10(17)20-5)8-9(16)19-4/h7H,6,8H2,1-5H3,(H,14,18). The number of rotatable bonds is 6.